The molecule has 4 heteroatoms. The number of halogens is 1. The predicted molar refractivity (Wildman–Crippen MR) is 68.7 cm³/mol. The summed E-state index contributed by atoms with van der Waals surface area (Å²) in [5.41, 5.74) is 6.08. The Bertz CT molecular complexity index is 459. The largest absolute Gasteiger partial charge is 0.332 e. The van der Waals surface area contributed by atoms with Crippen LogP contribution >= 0.6 is 0 Å². The molecule has 1 aliphatic heterocycles. The number of likely N-dealkylation sites (tertiary alicyclic amines) is 1. The quantitative estimate of drug-likeness (QED) is 0.830. The van der Waals surface area contributed by atoms with E-state index < -0.39 is 0 Å². The highest BCUT2D eigenvalue weighted by Crippen LogP contribution is 2.28. The van der Waals surface area contributed by atoms with Crippen molar-refractivity contribution in [3.05, 3.63) is 35.6 Å². The molecule has 0 bridgehead atoms. The number of nitrogens with zero attached hydrogens (tertiary/aromatic N) is 1. The van der Waals surface area contributed by atoms with E-state index in [9.17, 15) is 9.18 Å². The van der Waals surface area contributed by atoms with Crippen LogP contribution in [0.15, 0.2) is 24.3 Å². The molecule has 2 rings (SSSR count). The van der Waals surface area contributed by atoms with Crippen molar-refractivity contribution < 1.29 is 9.18 Å². The molecule has 1 unspecified atom stereocenters. The lowest BCUT2D eigenvalue weighted by Crippen LogP contribution is -2.61. The normalized spacial score (nSPS) is 22.9. The maximum Gasteiger partial charge on any atom is 0.254 e. The van der Waals surface area contributed by atoms with Crippen molar-refractivity contribution in [2.75, 3.05) is 6.54 Å². The topological polar surface area (TPSA) is 46.3 Å². The Hall–Kier alpha value is -1.42. The van der Waals surface area contributed by atoms with Crippen LogP contribution in [-0.4, -0.2) is 28.9 Å². The summed E-state index contributed by atoms with van der Waals surface area (Å²) < 4.78 is 13.2. The zero-order valence-corrected chi connectivity index (χ0v) is 10.8. The summed E-state index contributed by atoms with van der Waals surface area (Å²) in [6.07, 6.45) is 1.81. The molecular weight excluding hydrogens is 231 g/mol. The van der Waals surface area contributed by atoms with E-state index in [0.717, 1.165) is 12.8 Å². The molecule has 98 valence electrons. The highest BCUT2D eigenvalue weighted by Gasteiger charge is 2.39. The molecule has 0 saturated carbocycles. The molecule has 1 fully saturated rings. The maximum absolute atomic E-state index is 13.2. The van der Waals surface area contributed by atoms with Gasteiger partial charge in [0.25, 0.3) is 5.91 Å². The average molecular weight is 250 g/mol. The summed E-state index contributed by atoms with van der Waals surface area (Å²) in [6, 6.07) is 5.77. The second-order valence-corrected chi connectivity index (χ2v) is 5.37. The van der Waals surface area contributed by atoms with Gasteiger partial charge in [0.15, 0.2) is 0 Å². The Kier molecular flexibility index (Phi) is 3.39. The van der Waals surface area contributed by atoms with Gasteiger partial charge in [-0.3, -0.25) is 4.79 Å². The van der Waals surface area contributed by atoms with Gasteiger partial charge < -0.3 is 10.6 Å². The summed E-state index contributed by atoms with van der Waals surface area (Å²) in [5.74, 6) is -0.533. The number of benzene rings is 1. The lowest BCUT2D eigenvalue weighted by Gasteiger charge is -2.46. The molecule has 1 aromatic carbocycles. The Morgan fingerprint density at radius 3 is 2.89 bits per heavy atom. The minimum Gasteiger partial charge on any atom is -0.332 e. The Balaban J connectivity index is 2.28. The molecular formula is C14H19FN2O. The van der Waals surface area contributed by atoms with E-state index in [2.05, 4.69) is 0 Å². The van der Waals surface area contributed by atoms with E-state index >= 15 is 0 Å². The molecule has 1 heterocycles. The zero-order chi connectivity index (χ0) is 13.3. The van der Waals surface area contributed by atoms with E-state index in [1.807, 2.05) is 13.8 Å². The molecule has 1 aromatic rings. The summed E-state index contributed by atoms with van der Waals surface area (Å²) >= 11 is 0. The van der Waals surface area contributed by atoms with Crippen LogP contribution in [0.1, 0.15) is 37.0 Å². The van der Waals surface area contributed by atoms with Gasteiger partial charge in [-0.25, -0.2) is 4.39 Å². The van der Waals surface area contributed by atoms with Crippen molar-refractivity contribution in [2.45, 2.75) is 38.3 Å². The standard InChI is InChI=1S/C14H19FN2O/c1-14(2)12(16)7-4-8-17(14)13(18)10-5-3-6-11(15)9-10/h3,5-6,9,12H,4,7-8,16H2,1-2H3. The van der Waals surface area contributed by atoms with Gasteiger partial charge in [0.05, 0.1) is 5.54 Å². The van der Waals surface area contributed by atoms with Gasteiger partial charge in [-0.2, -0.15) is 0 Å². The molecule has 0 aromatic heterocycles. The summed E-state index contributed by atoms with van der Waals surface area (Å²) in [5, 5.41) is 0. The molecule has 1 atom stereocenters. The van der Waals surface area contributed by atoms with Gasteiger partial charge in [0.2, 0.25) is 0 Å². The Labute approximate surface area is 107 Å². The summed E-state index contributed by atoms with van der Waals surface area (Å²) in [4.78, 5) is 14.2. The molecule has 3 nitrogen and oxygen atoms in total. The molecule has 1 aliphatic rings. The third kappa shape index (κ3) is 2.25. The fourth-order valence-electron chi connectivity index (χ4n) is 2.45. The molecule has 18 heavy (non-hydrogen) atoms. The van der Waals surface area contributed by atoms with Crippen LogP contribution < -0.4 is 5.73 Å². The molecule has 0 aliphatic carbocycles. The molecule has 0 radical (unpaired) electrons. The number of carbonyl (C=O) groups is 1. The van der Waals surface area contributed by atoms with E-state index in [-0.39, 0.29) is 23.3 Å². The Morgan fingerprint density at radius 2 is 2.22 bits per heavy atom. The van der Waals surface area contributed by atoms with E-state index in [0.29, 0.717) is 12.1 Å². The minimum absolute atomic E-state index is 0.0382. The van der Waals surface area contributed by atoms with Crippen LogP contribution in [0.25, 0.3) is 0 Å². The first-order chi connectivity index (χ1) is 8.43. The smallest absolute Gasteiger partial charge is 0.254 e. The number of carbonyl (C=O) groups excluding carboxylic acids is 1. The van der Waals surface area contributed by atoms with Crippen molar-refractivity contribution in [3.63, 3.8) is 0 Å². The first kappa shape index (κ1) is 13.0. The third-order valence-corrected chi connectivity index (χ3v) is 3.82. The molecule has 0 spiro atoms. The van der Waals surface area contributed by atoms with E-state index in [1.165, 1.54) is 12.1 Å². The van der Waals surface area contributed by atoms with Crippen molar-refractivity contribution in [1.82, 2.24) is 4.90 Å². The van der Waals surface area contributed by atoms with E-state index in [1.54, 1.807) is 17.0 Å². The van der Waals surface area contributed by atoms with Crippen molar-refractivity contribution >= 4 is 5.91 Å². The number of hydrogen-bond acceptors (Lipinski definition) is 2. The second-order valence-electron chi connectivity index (χ2n) is 5.37. The number of piperidine rings is 1. The number of hydrogen-bond donors (Lipinski definition) is 1. The molecule has 1 amide bonds. The highest BCUT2D eigenvalue weighted by molar-refractivity contribution is 5.94. The van der Waals surface area contributed by atoms with Crippen LogP contribution in [-0.2, 0) is 0 Å². The van der Waals surface area contributed by atoms with Gasteiger partial charge in [-0.05, 0) is 44.9 Å². The summed E-state index contributed by atoms with van der Waals surface area (Å²) in [7, 11) is 0. The fraction of sp³-hybridized carbons (Fsp3) is 0.500. The van der Waals surface area contributed by atoms with E-state index in [4.69, 9.17) is 5.73 Å². The van der Waals surface area contributed by atoms with Crippen molar-refractivity contribution in [1.29, 1.82) is 0 Å². The van der Waals surface area contributed by atoms with Crippen molar-refractivity contribution in [2.24, 2.45) is 5.73 Å². The van der Waals surface area contributed by atoms with Gasteiger partial charge in [0, 0.05) is 18.2 Å². The monoisotopic (exact) mass is 250 g/mol. The first-order valence-corrected chi connectivity index (χ1v) is 6.26. The van der Waals surface area contributed by atoms with Crippen LogP contribution in [0.3, 0.4) is 0 Å². The fourth-order valence-corrected chi connectivity index (χ4v) is 2.45. The van der Waals surface area contributed by atoms with Gasteiger partial charge >= 0.3 is 0 Å². The second kappa shape index (κ2) is 4.69. The summed E-state index contributed by atoms with van der Waals surface area (Å²) in [6.45, 7) is 4.61. The number of nitrogens with two attached hydrogens (primary N) is 1. The average Bonchev–Trinajstić information content (AvgIpc) is 2.32. The third-order valence-electron chi connectivity index (χ3n) is 3.82. The lowest BCUT2D eigenvalue weighted by atomic mass is 9.85. The van der Waals surface area contributed by atoms with Crippen LogP contribution in [0.4, 0.5) is 4.39 Å². The van der Waals surface area contributed by atoms with Crippen LogP contribution in [0.2, 0.25) is 0 Å². The molecule has 1 saturated heterocycles. The maximum atomic E-state index is 13.2. The van der Waals surface area contributed by atoms with Gasteiger partial charge in [-0.1, -0.05) is 6.07 Å². The van der Waals surface area contributed by atoms with Crippen LogP contribution in [0, 0.1) is 5.82 Å². The highest BCUT2D eigenvalue weighted by atomic mass is 19.1. The van der Waals surface area contributed by atoms with Crippen molar-refractivity contribution in [3.8, 4) is 0 Å². The first-order valence-electron chi connectivity index (χ1n) is 6.26. The van der Waals surface area contributed by atoms with Crippen LogP contribution in [0.5, 0.6) is 0 Å². The Morgan fingerprint density at radius 1 is 1.50 bits per heavy atom. The van der Waals surface area contributed by atoms with Gasteiger partial charge in [-0.15, -0.1) is 0 Å². The predicted octanol–water partition coefficient (Wildman–Crippen LogP) is 2.17. The van der Waals surface area contributed by atoms with Gasteiger partial charge in [0.1, 0.15) is 5.82 Å². The number of amides is 1. The SMILES string of the molecule is CC1(C)C(N)CCCN1C(=O)c1cccc(F)c1. The molecule has 2 N–H and O–H groups in total. The number of rotatable bonds is 1. The lowest BCUT2D eigenvalue weighted by molar-refractivity contribution is 0.0362. The zero-order valence-electron chi connectivity index (χ0n) is 10.8. The minimum atomic E-state index is -0.389.